The summed E-state index contributed by atoms with van der Waals surface area (Å²) in [6.45, 7) is 3.59. The molecule has 3 nitrogen and oxygen atoms in total. The summed E-state index contributed by atoms with van der Waals surface area (Å²) in [7, 11) is 0. The Bertz CT molecular complexity index is 842. The molecule has 0 unspecified atom stereocenters. The van der Waals surface area contributed by atoms with Crippen molar-refractivity contribution in [1.29, 1.82) is 0 Å². The Balaban J connectivity index is 2.07. The van der Waals surface area contributed by atoms with Crippen LogP contribution in [0.4, 0.5) is 5.69 Å². The van der Waals surface area contributed by atoms with Gasteiger partial charge in [-0.15, -0.1) is 11.3 Å². The molecular formula is C17H15Cl5N2OS. The third kappa shape index (κ3) is 3.70. The molecule has 0 radical (unpaired) electrons. The van der Waals surface area contributed by atoms with E-state index >= 15 is 0 Å². The molecule has 1 saturated heterocycles. The third-order valence-corrected chi connectivity index (χ3v) is 7.89. The van der Waals surface area contributed by atoms with Gasteiger partial charge in [-0.05, 0) is 25.8 Å². The number of carbonyl (C=O) groups is 1. The Morgan fingerprint density at radius 2 is 1.54 bits per heavy atom. The lowest BCUT2D eigenvalue weighted by Gasteiger charge is -2.37. The van der Waals surface area contributed by atoms with Crippen LogP contribution < -0.4 is 10.6 Å². The van der Waals surface area contributed by atoms with Crippen molar-refractivity contribution >= 4 is 81.3 Å². The summed E-state index contributed by atoms with van der Waals surface area (Å²) in [5.41, 5.74) is 7.34. The van der Waals surface area contributed by atoms with E-state index in [1.165, 1.54) is 11.3 Å². The minimum atomic E-state index is -0.180. The van der Waals surface area contributed by atoms with Gasteiger partial charge < -0.3 is 10.6 Å². The maximum absolute atomic E-state index is 11.6. The molecule has 1 aromatic carbocycles. The number of piperidine rings is 1. The number of hydrogen-bond donors (Lipinski definition) is 1. The van der Waals surface area contributed by atoms with Crippen molar-refractivity contribution in [2.45, 2.75) is 25.3 Å². The number of halogens is 5. The fourth-order valence-corrected chi connectivity index (χ4v) is 5.44. The molecule has 140 valence electrons. The fraction of sp³-hybridized carbons (Fsp3) is 0.353. The van der Waals surface area contributed by atoms with Gasteiger partial charge >= 0.3 is 0 Å². The van der Waals surface area contributed by atoms with Crippen molar-refractivity contribution in [1.82, 2.24) is 0 Å². The zero-order valence-corrected chi connectivity index (χ0v) is 18.3. The molecule has 0 amide bonds. The van der Waals surface area contributed by atoms with E-state index in [0.29, 0.717) is 15.3 Å². The van der Waals surface area contributed by atoms with E-state index in [1.807, 2.05) is 13.0 Å². The lowest BCUT2D eigenvalue weighted by molar-refractivity contribution is 0.112. The SMILES string of the molecule is CC1(N)CCN(c2cc(-c3c(Cl)c(Cl)c(Cl)c(Cl)c3Cl)sc2C=O)CC1. The van der Waals surface area contributed by atoms with E-state index in [4.69, 9.17) is 63.7 Å². The Morgan fingerprint density at radius 3 is 2.04 bits per heavy atom. The Hall–Kier alpha value is -0.200. The predicted octanol–water partition coefficient (Wildman–Crippen LogP) is 6.81. The van der Waals surface area contributed by atoms with Crippen LogP contribution in [0.5, 0.6) is 0 Å². The number of carbonyl (C=O) groups excluding carboxylic acids is 1. The molecule has 1 aliphatic heterocycles. The number of hydrogen-bond acceptors (Lipinski definition) is 4. The molecule has 2 N–H and O–H groups in total. The highest BCUT2D eigenvalue weighted by Crippen LogP contribution is 2.50. The van der Waals surface area contributed by atoms with Crippen LogP contribution in [0, 0.1) is 0 Å². The van der Waals surface area contributed by atoms with E-state index in [0.717, 1.165) is 37.9 Å². The van der Waals surface area contributed by atoms with Crippen molar-refractivity contribution < 1.29 is 4.79 Å². The lowest BCUT2D eigenvalue weighted by Crippen LogP contribution is -2.48. The molecular weight excluding hydrogens is 458 g/mol. The number of thiophene rings is 1. The highest BCUT2D eigenvalue weighted by Gasteiger charge is 2.29. The van der Waals surface area contributed by atoms with E-state index in [9.17, 15) is 4.79 Å². The number of nitrogens with two attached hydrogens (primary N) is 1. The topological polar surface area (TPSA) is 46.3 Å². The van der Waals surface area contributed by atoms with Crippen LogP contribution in [0.15, 0.2) is 6.07 Å². The van der Waals surface area contributed by atoms with Crippen LogP contribution in [0.2, 0.25) is 25.1 Å². The molecule has 1 fully saturated rings. The Morgan fingerprint density at radius 1 is 1.04 bits per heavy atom. The fourth-order valence-electron chi connectivity index (χ4n) is 2.93. The van der Waals surface area contributed by atoms with Gasteiger partial charge in [0.2, 0.25) is 0 Å². The molecule has 0 bridgehead atoms. The maximum atomic E-state index is 11.6. The van der Waals surface area contributed by atoms with Crippen molar-refractivity contribution in [2.24, 2.45) is 5.73 Å². The van der Waals surface area contributed by atoms with Gasteiger partial charge in [0.25, 0.3) is 0 Å². The van der Waals surface area contributed by atoms with E-state index in [2.05, 4.69) is 4.90 Å². The average molecular weight is 473 g/mol. The maximum Gasteiger partial charge on any atom is 0.162 e. The van der Waals surface area contributed by atoms with Gasteiger partial charge in [-0.1, -0.05) is 58.0 Å². The van der Waals surface area contributed by atoms with Gasteiger partial charge in [0.15, 0.2) is 6.29 Å². The molecule has 0 saturated carbocycles. The highest BCUT2D eigenvalue weighted by molar-refractivity contribution is 7.17. The molecule has 26 heavy (non-hydrogen) atoms. The molecule has 1 aliphatic rings. The summed E-state index contributed by atoms with van der Waals surface area (Å²) >= 11 is 32.4. The average Bonchev–Trinajstić information content (AvgIpc) is 3.02. The normalized spacial score (nSPS) is 16.8. The molecule has 0 aliphatic carbocycles. The quantitative estimate of drug-likeness (QED) is 0.303. The van der Waals surface area contributed by atoms with Gasteiger partial charge in [0.1, 0.15) is 0 Å². The van der Waals surface area contributed by atoms with Crippen LogP contribution in [0.3, 0.4) is 0 Å². The zero-order valence-electron chi connectivity index (χ0n) is 13.7. The first kappa shape index (κ1) is 20.5. The van der Waals surface area contributed by atoms with E-state index in [1.54, 1.807) is 0 Å². The van der Waals surface area contributed by atoms with Gasteiger partial charge in [0.05, 0.1) is 35.7 Å². The van der Waals surface area contributed by atoms with Crippen LogP contribution in [0.1, 0.15) is 29.4 Å². The molecule has 2 heterocycles. The van der Waals surface area contributed by atoms with Crippen molar-refractivity contribution in [3.8, 4) is 10.4 Å². The Kier molecular flexibility index (Phi) is 6.06. The number of aldehydes is 1. The number of anilines is 1. The minimum absolute atomic E-state index is 0.109. The van der Waals surface area contributed by atoms with Crippen LogP contribution >= 0.6 is 69.3 Å². The number of rotatable bonds is 3. The van der Waals surface area contributed by atoms with Gasteiger partial charge in [0, 0.05) is 29.1 Å². The molecule has 9 heteroatoms. The number of nitrogens with zero attached hydrogens (tertiary/aromatic N) is 1. The van der Waals surface area contributed by atoms with E-state index in [-0.39, 0.29) is 30.7 Å². The molecule has 1 aromatic heterocycles. The molecule has 0 spiro atoms. The third-order valence-electron chi connectivity index (χ3n) is 4.55. The first-order chi connectivity index (χ1) is 12.2. The van der Waals surface area contributed by atoms with Crippen LogP contribution in [-0.2, 0) is 0 Å². The molecule has 3 rings (SSSR count). The van der Waals surface area contributed by atoms with Crippen molar-refractivity contribution in [3.05, 3.63) is 36.1 Å². The summed E-state index contributed by atoms with van der Waals surface area (Å²) in [6, 6.07) is 1.89. The van der Waals surface area contributed by atoms with Crippen LogP contribution in [-0.4, -0.2) is 24.9 Å². The summed E-state index contributed by atoms with van der Waals surface area (Å²) in [6.07, 6.45) is 2.52. The second-order valence-electron chi connectivity index (χ2n) is 6.56. The van der Waals surface area contributed by atoms with Crippen LogP contribution in [0.25, 0.3) is 10.4 Å². The second-order valence-corrected chi connectivity index (χ2v) is 9.54. The summed E-state index contributed by atoms with van der Waals surface area (Å²) in [5, 5.41) is 0.807. The van der Waals surface area contributed by atoms with Crippen molar-refractivity contribution in [3.63, 3.8) is 0 Å². The summed E-state index contributed by atoms with van der Waals surface area (Å²) in [5.74, 6) is 0. The first-order valence-electron chi connectivity index (χ1n) is 7.81. The predicted molar refractivity (Wildman–Crippen MR) is 114 cm³/mol. The lowest BCUT2D eigenvalue weighted by atomic mass is 9.91. The summed E-state index contributed by atoms with van der Waals surface area (Å²) in [4.78, 5) is 15.1. The largest absolute Gasteiger partial charge is 0.370 e. The number of benzene rings is 1. The standard InChI is InChI=1S/C17H15Cl5N2OS/c1-17(23)2-4-24(5-3-17)8-6-9(26-10(8)7-25)11-12(18)14(20)16(22)15(21)13(11)19/h6-7H,2-5,23H2,1H3. The smallest absolute Gasteiger partial charge is 0.162 e. The second kappa shape index (κ2) is 7.67. The first-order valence-corrected chi connectivity index (χ1v) is 10.5. The van der Waals surface area contributed by atoms with Crippen molar-refractivity contribution in [2.75, 3.05) is 18.0 Å². The molecule has 0 atom stereocenters. The van der Waals surface area contributed by atoms with Gasteiger partial charge in [-0.25, -0.2) is 0 Å². The van der Waals surface area contributed by atoms with Gasteiger partial charge in [-0.3, -0.25) is 4.79 Å². The van der Waals surface area contributed by atoms with E-state index < -0.39 is 0 Å². The highest BCUT2D eigenvalue weighted by atomic mass is 35.5. The van der Waals surface area contributed by atoms with Gasteiger partial charge in [-0.2, -0.15) is 0 Å². The monoisotopic (exact) mass is 470 g/mol. The Labute approximate surface area is 180 Å². The zero-order chi connectivity index (χ0) is 19.2. The summed E-state index contributed by atoms with van der Waals surface area (Å²) < 4.78 is 0. The minimum Gasteiger partial charge on any atom is -0.370 e. The molecule has 2 aromatic rings.